The molecular formula is C11H18N2O5S2. The minimum absolute atomic E-state index is 0.0208. The standard InChI is InChI=1S/C11H18N2O5S2/c1-8(2)20(16,17)13-7-9-4-5-10(18-3)11(6-9)19(12,14)15/h4-6,8,13H,7H2,1-3H3,(H2,12,14,15). The Morgan fingerprint density at radius 1 is 1.25 bits per heavy atom. The molecule has 0 saturated heterocycles. The number of rotatable bonds is 6. The summed E-state index contributed by atoms with van der Waals surface area (Å²) in [7, 11) is -6.04. The third-order valence-electron chi connectivity index (χ3n) is 2.63. The van der Waals surface area contributed by atoms with Crippen molar-refractivity contribution in [1.29, 1.82) is 0 Å². The molecule has 20 heavy (non-hydrogen) atoms. The van der Waals surface area contributed by atoms with E-state index in [-0.39, 0.29) is 17.2 Å². The molecule has 0 radical (unpaired) electrons. The van der Waals surface area contributed by atoms with Crippen LogP contribution in [0.3, 0.4) is 0 Å². The van der Waals surface area contributed by atoms with Crippen LogP contribution in [0.5, 0.6) is 5.75 Å². The van der Waals surface area contributed by atoms with Gasteiger partial charge in [0.1, 0.15) is 10.6 Å². The molecule has 1 aromatic rings. The Morgan fingerprint density at radius 2 is 1.85 bits per heavy atom. The van der Waals surface area contributed by atoms with E-state index in [1.807, 2.05) is 0 Å². The van der Waals surface area contributed by atoms with Crippen molar-refractivity contribution in [2.24, 2.45) is 5.14 Å². The topological polar surface area (TPSA) is 116 Å². The summed E-state index contributed by atoms with van der Waals surface area (Å²) in [5.74, 6) is 0.114. The summed E-state index contributed by atoms with van der Waals surface area (Å²) >= 11 is 0. The Morgan fingerprint density at radius 3 is 2.30 bits per heavy atom. The lowest BCUT2D eigenvalue weighted by molar-refractivity contribution is 0.402. The fourth-order valence-electron chi connectivity index (χ4n) is 1.40. The Hall–Kier alpha value is -1.16. The first-order valence-electron chi connectivity index (χ1n) is 5.76. The van der Waals surface area contributed by atoms with Gasteiger partial charge in [0.15, 0.2) is 0 Å². The molecule has 9 heteroatoms. The summed E-state index contributed by atoms with van der Waals surface area (Å²) < 4.78 is 53.4. The van der Waals surface area contributed by atoms with Crippen molar-refractivity contribution >= 4 is 20.0 Å². The van der Waals surface area contributed by atoms with Crippen molar-refractivity contribution in [3.05, 3.63) is 23.8 Å². The van der Waals surface area contributed by atoms with Gasteiger partial charge in [-0.1, -0.05) is 6.07 Å². The summed E-state index contributed by atoms with van der Waals surface area (Å²) in [6.45, 7) is 3.07. The molecule has 0 aliphatic heterocycles. The summed E-state index contributed by atoms with van der Waals surface area (Å²) in [5.41, 5.74) is 0.471. The van der Waals surface area contributed by atoms with Crippen LogP contribution in [0.15, 0.2) is 23.1 Å². The molecule has 0 amide bonds. The highest BCUT2D eigenvalue weighted by Gasteiger charge is 2.18. The Balaban J connectivity index is 3.06. The molecular weight excluding hydrogens is 304 g/mol. The van der Waals surface area contributed by atoms with E-state index in [1.165, 1.54) is 19.2 Å². The van der Waals surface area contributed by atoms with E-state index in [2.05, 4.69) is 4.72 Å². The molecule has 7 nitrogen and oxygen atoms in total. The fraction of sp³-hybridized carbons (Fsp3) is 0.455. The van der Waals surface area contributed by atoms with E-state index >= 15 is 0 Å². The predicted octanol–water partition coefficient (Wildman–Crippen LogP) is 0.170. The van der Waals surface area contributed by atoms with E-state index in [0.29, 0.717) is 5.56 Å². The van der Waals surface area contributed by atoms with Crippen LogP contribution >= 0.6 is 0 Å². The first-order valence-corrected chi connectivity index (χ1v) is 8.85. The van der Waals surface area contributed by atoms with Crippen LogP contribution in [0, 0.1) is 0 Å². The van der Waals surface area contributed by atoms with E-state index in [1.54, 1.807) is 19.9 Å². The third kappa shape index (κ3) is 4.17. The number of hydrogen-bond donors (Lipinski definition) is 2. The Labute approximate surface area is 119 Å². The second-order valence-corrected chi connectivity index (χ2v) is 8.30. The van der Waals surface area contributed by atoms with Crippen molar-refractivity contribution < 1.29 is 21.6 Å². The summed E-state index contributed by atoms with van der Waals surface area (Å²) in [6, 6.07) is 4.28. The fourth-order valence-corrected chi connectivity index (χ4v) is 2.85. The number of primary sulfonamides is 1. The smallest absolute Gasteiger partial charge is 0.241 e. The maximum absolute atomic E-state index is 11.6. The van der Waals surface area contributed by atoms with Crippen molar-refractivity contribution in [2.75, 3.05) is 7.11 Å². The van der Waals surface area contributed by atoms with Gasteiger partial charge in [-0.15, -0.1) is 0 Å². The summed E-state index contributed by atoms with van der Waals surface area (Å²) in [5, 5.41) is 4.51. The average molecular weight is 322 g/mol. The second-order valence-electron chi connectivity index (χ2n) is 4.45. The zero-order valence-electron chi connectivity index (χ0n) is 11.5. The normalized spacial score (nSPS) is 12.7. The van der Waals surface area contributed by atoms with Gasteiger partial charge in [0.05, 0.1) is 12.4 Å². The molecule has 1 aromatic carbocycles. The molecule has 0 saturated carbocycles. The monoisotopic (exact) mass is 322 g/mol. The number of sulfonamides is 2. The van der Waals surface area contributed by atoms with Crippen molar-refractivity contribution in [3.63, 3.8) is 0 Å². The predicted molar refractivity (Wildman–Crippen MR) is 75.3 cm³/mol. The lowest BCUT2D eigenvalue weighted by Gasteiger charge is -2.11. The van der Waals surface area contributed by atoms with Crippen LogP contribution in [-0.4, -0.2) is 29.2 Å². The lowest BCUT2D eigenvalue weighted by atomic mass is 10.2. The molecule has 114 valence electrons. The maximum atomic E-state index is 11.6. The van der Waals surface area contributed by atoms with Gasteiger partial charge >= 0.3 is 0 Å². The van der Waals surface area contributed by atoms with Gasteiger partial charge in [0, 0.05) is 6.54 Å². The van der Waals surface area contributed by atoms with Crippen LogP contribution < -0.4 is 14.6 Å². The van der Waals surface area contributed by atoms with Gasteiger partial charge in [-0.25, -0.2) is 26.7 Å². The molecule has 0 atom stereocenters. The number of benzene rings is 1. The molecule has 0 bridgehead atoms. The van der Waals surface area contributed by atoms with Gasteiger partial charge in [0.2, 0.25) is 20.0 Å². The van der Waals surface area contributed by atoms with Gasteiger partial charge in [-0.05, 0) is 31.5 Å². The zero-order chi connectivity index (χ0) is 15.6. The van der Waals surface area contributed by atoms with Gasteiger partial charge in [0.25, 0.3) is 0 Å². The largest absolute Gasteiger partial charge is 0.495 e. The lowest BCUT2D eigenvalue weighted by Crippen LogP contribution is -2.30. The first-order chi connectivity index (χ1) is 9.08. The van der Waals surface area contributed by atoms with E-state index < -0.39 is 25.3 Å². The SMILES string of the molecule is COc1ccc(CNS(=O)(=O)C(C)C)cc1S(N)(=O)=O. The minimum Gasteiger partial charge on any atom is -0.495 e. The van der Waals surface area contributed by atoms with Crippen molar-refractivity contribution in [3.8, 4) is 5.75 Å². The third-order valence-corrected chi connectivity index (χ3v) is 5.35. The highest BCUT2D eigenvalue weighted by molar-refractivity contribution is 7.90. The van der Waals surface area contributed by atoms with Crippen LogP contribution in [-0.2, 0) is 26.6 Å². The van der Waals surface area contributed by atoms with Gasteiger partial charge < -0.3 is 4.74 Å². The van der Waals surface area contributed by atoms with E-state index in [9.17, 15) is 16.8 Å². The van der Waals surface area contributed by atoms with E-state index in [4.69, 9.17) is 9.88 Å². The number of methoxy groups -OCH3 is 1. The molecule has 1 rings (SSSR count). The first kappa shape index (κ1) is 16.9. The maximum Gasteiger partial charge on any atom is 0.241 e. The van der Waals surface area contributed by atoms with Crippen molar-refractivity contribution in [2.45, 2.75) is 30.5 Å². The molecule has 0 unspecified atom stereocenters. The second kappa shape index (κ2) is 6.08. The zero-order valence-corrected chi connectivity index (χ0v) is 13.1. The quantitative estimate of drug-likeness (QED) is 0.774. The highest BCUT2D eigenvalue weighted by Crippen LogP contribution is 2.23. The number of nitrogens with one attached hydrogen (secondary N) is 1. The molecule has 0 spiro atoms. The molecule has 0 aliphatic carbocycles. The van der Waals surface area contributed by atoms with Crippen LogP contribution in [0.1, 0.15) is 19.4 Å². The van der Waals surface area contributed by atoms with Gasteiger partial charge in [-0.2, -0.15) is 0 Å². The number of nitrogens with two attached hydrogens (primary N) is 1. The van der Waals surface area contributed by atoms with Crippen LogP contribution in [0.4, 0.5) is 0 Å². The van der Waals surface area contributed by atoms with Gasteiger partial charge in [-0.3, -0.25) is 0 Å². The van der Waals surface area contributed by atoms with E-state index in [0.717, 1.165) is 0 Å². The van der Waals surface area contributed by atoms with Crippen molar-refractivity contribution in [1.82, 2.24) is 4.72 Å². The summed E-state index contributed by atoms with van der Waals surface area (Å²) in [4.78, 5) is -0.179. The minimum atomic E-state index is -3.94. The Bertz CT molecular complexity index is 681. The molecule has 0 fully saturated rings. The number of hydrogen-bond acceptors (Lipinski definition) is 5. The Kier molecular flexibility index (Phi) is 5.14. The van der Waals surface area contributed by atoms with Crippen LogP contribution in [0.2, 0.25) is 0 Å². The number of ether oxygens (including phenoxy) is 1. The molecule has 3 N–H and O–H groups in total. The molecule has 0 aliphatic rings. The molecule has 0 aromatic heterocycles. The summed E-state index contributed by atoms with van der Waals surface area (Å²) in [6.07, 6.45) is 0. The highest BCUT2D eigenvalue weighted by atomic mass is 32.2. The molecule has 0 heterocycles. The van der Waals surface area contributed by atoms with Crippen LogP contribution in [0.25, 0.3) is 0 Å². The average Bonchev–Trinajstić information content (AvgIpc) is 2.35.